The van der Waals surface area contributed by atoms with Gasteiger partial charge in [-0.15, -0.1) is 11.3 Å². The van der Waals surface area contributed by atoms with Crippen molar-refractivity contribution in [1.82, 2.24) is 4.37 Å². The van der Waals surface area contributed by atoms with Gasteiger partial charge in [-0.3, -0.25) is 0 Å². The zero-order valence-corrected chi connectivity index (χ0v) is 15.4. The smallest absolute Gasteiger partial charge is 0.390 e. The van der Waals surface area contributed by atoms with E-state index in [1.54, 1.807) is 12.3 Å². The Hall–Kier alpha value is -1.10. The van der Waals surface area contributed by atoms with E-state index < -0.39 is 18.6 Å². The lowest BCUT2D eigenvalue weighted by molar-refractivity contribution is -0.138. The molecule has 0 spiro atoms. The summed E-state index contributed by atoms with van der Waals surface area (Å²) >= 11 is 6.15. The molecule has 0 amide bonds. The first-order valence-corrected chi connectivity index (χ1v) is 9.37. The van der Waals surface area contributed by atoms with Crippen LogP contribution in [-0.2, 0) is 13.0 Å². The first kappa shape index (κ1) is 17.7. The molecule has 3 aromatic rings. The SMILES string of the molecule is N[C@H](Cc1sc2c(NCc3ccco3)snc2c1Br)CC(F)(F)F. The molecule has 0 aromatic carbocycles. The third-order valence-electron chi connectivity index (χ3n) is 3.27. The molecule has 0 aliphatic heterocycles. The molecular weight excluding hydrogens is 427 g/mol. The van der Waals surface area contributed by atoms with Crippen LogP contribution >= 0.6 is 38.8 Å². The van der Waals surface area contributed by atoms with Gasteiger partial charge in [0.2, 0.25) is 0 Å². The van der Waals surface area contributed by atoms with Gasteiger partial charge < -0.3 is 15.5 Å². The maximum Gasteiger partial charge on any atom is 0.390 e. The summed E-state index contributed by atoms with van der Waals surface area (Å²) in [6.45, 7) is 0.517. The molecule has 0 radical (unpaired) electrons. The number of thiophene rings is 1. The average molecular weight is 440 g/mol. The van der Waals surface area contributed by atoms with Crippen molar-refractivity contribution in [2.24, 2.45) is 5.73 Å². The Morgan fingerprint density at radius 1 is 1.42 bits per heavy atom. The molecule has 0 saturated carbocycles. The molecule has 0 fully saturated rings. The largest absolute Gasteiger partial charge is 0.467 e. The number of furan rings is 1. The first-order valence-electron chi connectivity index (χ1n) is 6.98. The van der Waals surface area contributed by atoms with Crippen molar-refractivity contribution in [2.75, 3.05) is 5.32 Å². The molecule has 1 atom stereocenters. The van der Waals surface area contributed by atoms with E-state index in [1.165, 1.54) is 22.9 Å². The van der Waals surface area contributed by atoms with Crippen LogP contribution in [0.25, 0.3) is 10.2 Å². The third-order valence-corrected chi connectivity index (χ3v) is 6.54. The lowest BCUT2D eigenvalue weighted by atomic mass is 10.1. The standard InChI is InChI=1S/C14H13BrF3N3OS2/c15-10-9(4-7(19)5-14(16,17)18)23-12-11(10)21-24-13(12)20-6-8-2-1-3-22-8/h1-3,7,20H,4-6,19H2/t7-/m1/s1. The Bertz CT molecular complexity index is 813. The maximum absolute atomic E-state index is 12.4. The van der Waals surface area contributed by atoms with E-state index in [-0.39, 0.29) is 6.42 Å². The van der Waals surface area contributed by atoms with E-state index >= 15 is 0 Å². The monoisotopic (exact) mass is 439 g/mol. The van der Waals surface area contributed by atoms with Gasteiger partial charge in [0.1, 0.15) is 16.3 Å². The van der Waals surface area contributed by atoms with Gasteiger partial charge in [-0.2, -0.15) is 17.5 Å². The maximum atomic E-state index is 12.4. The van der Waals surface area contributed by atoms with Crippen LogP contribution in [0.4, 0.5) is 18.2 Å². The molecule has 3 N–H and O–H groups in total. The minimum atomic E-state index is -4.26. The van der Waals surface area contributed by atoms with Gasteiger partial charge in [-0.25, -0.2) is 0 Å². The highest BCUT2D eigenvalue weighted by Gasteiger charge is 2.31. The highest BCUT2D eigenvalue weighted by molar-refractivity contribution is 9.10. The first-order chi connectivity index (χ1) is 11.3. The number of hydrogen-bond acceptors (Lipinski definition) is 6. The molecule has 3 heterocycles. The predicted octanol–water partition coefficient (Wildman–Crippen LogP) is 5.15. The van der Waals surface area contributed by atoms with Gasteiger partial charge in [0, 0.05) is 10.9 Å². The number of rotatable bonds is 6. The molecule has 24 heavy (non-hydrogen) atoms. The fourth-order valence-electron chi connectivity index (χ4n) is 2.25. The number of fused-ring (bicyclic) bond motifs is 1. The third kappa shape index (κ3) is 4.11. The van der Waals surface area contributed by atoms with Gasteiger partial charge >= 0.3 is 6.18 Å². The lowest BCUT2D eigenvalue weighted by Gasteiger charge is -2.13. The summed E-state index contributed by atoms with van der Waals surface area (Å²) in [4.78, 5) is 0.776. The Kier molecular flexibility index (Phi) is 5.19. The summed E-state index contributed by atoms with van der Waals surface area (Å²) in [5, 5.41) is 4.11. The Labute approximate surface area is 152 Å². The molecule has 10 heteroatoms. The Balaban J connectivity index is 1.75. The number of halogens is 4. The molecule has 3 rings (SSSR count). The molecular formula is C14H13BrF3N3OS2. The lowest BCUT2D eigenvalue weighted by Crippen LogP contribution is -2.29. The van der Waals surface area contributed by atoms with Gasteiger partial charge in [-0.05, 0) is 46.0 Å². The van der Waals surface area contributed by atoms with Crippen LogP contribution in [-0.4, -0.2) is 16.6 Å². The second-order valence-corrected chi connectivity index (χ2v) is 7.92. The van der Waals surface area contributed by atoms with E-state index in [2.05, 4.69) is 25.6 Å². The number of anilines is 1. The van der Waals surface area contributed by atoms with Gasteiger partial charge in [0.25, 0.3) is 0 Å². The quantitative estimate of drug-likeness (QED) is 0.557. The highest BCUT2D eigenvalue weighted by Crippen LogP contribution is 2.42. The van der Waals surface area contributed by atoms with Crippen LogP contribution in [0, 0.1) is 0 Å². The van der Waals surface area contributed by atoms with E-state index in [4.69, 9.17) is 10.2 Å². The van der Waals surface area contributed by atoms with Crippen LogP contribution in [0.1, 0.15) is 17.1 Å². The average Bonchev–Trinajstić information content (AvgIpc) is 3.16. The molecule has 3 aromatic heterocycles. The molecule has 0 aliphatic rings. The number of hydrogen-bond donors (Lipinski definition) is 2. The second kappa shape index (κ2) is 7.03. The van der Waals surface area contributed by atoms with Gasteiger partial charge in [-0.1, -0.05) is 0 Å². The van der Waals surface area contributed by atoms with Crippen molar-refractivity contribution in [3.05, 3.63) is 33.5 Å². The number of nitrogens with zero attached hydrogens (tertiary/aromatic N) is 1. The van der Waals surface area contributed by atoms with Gasteiger partial charge in [0.15, 0.2) is 0 Å². The summed E-state index contributed by atoms with van der Waals surface area (Å²) in [6.07, 6.45) is -3.50. The summed E-state index contributed by atoms with van der Waals surface area (Å²) < 4.78 is 48.6. The Morgan fingerprint density at radius 2 is 2.21 bits per heavy atom. The van der Waals surface area contributed by atoms with Crippen molar-refractivity contribution in [1.29, 1.82) is 0 Å². The van der Waals surface area contributed by atoms with Crippen LogP contribution in [0.15, 0.2) is 27.3 Å². The van der Waals surface area contributed by atoms with E-state index in [0.29, 0.717) is 6.54 Å². The predicted molar refractivity (Wildman–Crippen MR) is 93.6 cm³/mol. The minimum Gasteiger partial charge on any atom is -0.467 e. The van der Waals surface area contributed by atoms with Crippen LogP contribution in [0.5, 0.6) is 0 Å². The van der Waals surface area contributed by atoms with Crippen molar-refractivity contribution in [2.45, 2.75) is 31.6 Å². The summed E-state index contributed by atoms with van der Waals surface area (Å²) in [5.74, 6) is 0.791. The second-order valence-electron chi connectivity index (χ2n) is 5.25. The number of alkyl halides is 3. The van der Waals surface area contributed by atoms with Crippen LogP contribution < -0.4 is 11.1 Å². The topological polar surface area (TPSA) is 64.1 Å². The summed E-state index contributed by atoms with van der Waals surface area (Å²) in [7, 11) is 0. The zero-order valence-electron chi connectivity index (χ0n) is 12.2. The van der Waals surface area contributed by atoms with Crippen LogP contribution in [0.2, 0.25) is 0 Å². The minimum absolute atomic E-state index is 0.156. The zero-order chi connectivity index (χ0) is 17.3. The number of nitrogens with two attached hydrogens (primary N) is 1. The fraction of sp³-hybridized carbons (Fsp3) is 0.357. The van der Waals surface area contributed by atoms with Crippen LogP contribution in [0.3, 0.4) is 0 Å². The van der Waals surface area contributed by atoms with E-state index in [9.17, 15) is 13.2 Å². The number of aromatic nitrogens is 1. The summed E-state index contributed by atoms with van der Waals surface area (Å²) in [5.41, 5.74) is 6.38. The fourth-order valence-corrected chi connectivity index (χ4v) is 5.30. The van der Waals surface area contributed by atoms with Crippen molar-refractivity contribution in [3.63, 3.8) is 0 Å². The molecule has 0 aliphatic carbocycles. The van der Waals surface area contributed by atoms with E-state index in [1.807, 2.05) is 6.07 Å². The Morgan fingerprint density at radius 3 is 2.88 bits per heavy atom. The molecule has 0 unspecified atom stereocenters. The molecule has 0 bridgehead atoms. The number of nitrogens with one attached hydrogen (secondary N) is 1. The van der Waals surface area contributed by atoms with Crippen molar-refractivity contribution < 1.29 is 17.6 Å². The molecule has 4 nitrogen and oxygen atoms in total. The molecule has 130 valence electrons. The molecule has 0 saturated heterocycles. The van der Waals surface area contributed by atoms with Crippen molar-refractivity contribution >= 4 is 54.0 Å². The van der Waals surface area contributed by atoms with E-state index in [0.717, 1.165) is 30.3 Å². The summed E-state index contributed by atoms with van der Waals surface area (Å²) in [6, 6.07) is 2.70. The van der Waals surface area contributed by atoms with Gasteiger partial charge in [0.05, 0.1) is 28.4 Å². The highest BCUT2D eigenvalue weighted by atomic mass is 79.9. The van der Waals surface area contributed by atoms with Crippen molar-refractivity contribution in [3.8, 4) is 0 Å². The normalized spacial score (nSPS) is 13.5.